The summed E-state index contributed by atoms with van der Waals surface area (Å²) >= 11 is 0. The number of quaternary nitrogens is 1. The van der Waals surface area contributed by atoms with E-state index in [0.29, 0.717) is 23.9 Å². The number of aliphatic hydroxyl groups is 1. The summed E-state index contributed by atoms with van der Waals surface area (Å²) in [7, 11) is 1.62. The van der Waals surface area contributed by atoms with Crippen LogP contribution in [0, 0.1) is 0 Å². The van der Waals surface area contributed by atoms with E-state index in [9.17, 15) is 19.4 Å². The minimum absolute atomic E-state index is 0.0717. The van der Waals surface area contributed by atoms with Crippen LogP contribution >= 0.6 is 7.82 Å². The van der Waals surface area contributed by atoms with Crippen molar-refractivity contribution in [3.05, 3.63) is 109 Å². The van der Waals surface area contributed by atoms with Crippen LogP contribution in [0.3, 0.4) is 0 Å². The number of nitrogens with zero attached hydrogens (tertiary/aromatic N) is 1. The zero-order valence-corrected chi connectivity index (χ0v) is 57.2. The van der Waals surface area contributed by atoms with Crippen molar-refractivity contribution in [2.45, 2.75) is 328 Å². The Bertz CT molecular complexity index is 1760. The Morgan fingerprint density at radius 2 is 0.706 bits per heavy atom. The largest absolute Gasteiger partial charge is 0.472 e. The molecule has 0 aromatic rings. The first kappa shape index (κ1) is 82.2. The van der Waals surface area contributed by atoms with Crippen LogP contribution in [0.2, 0.25) is 0 Å². The highest BCUT2D eigenvalue weighted by Gasteiger charge is 2.28. The third-order valence-corrected chi connectivity index (χ3v) is 16.8. The van der Waals surface area contributed by atoms with Crippen molar-refractivity contribution in [3.8, 4) is 0 Å². The molecule has 9 heteroatoms. The van der Waals surface area contributed by atoms with Crippen LogP contribution in [0.1, 0.15) is 316 Å². The Balaban J connectivity index is 4.03. The molecule has 0 saturated carbocycles. The summed E-state index contributed by atoms with van der Waals surface area (Å²) in [5.41, 5.74) is 0. The Hall–Kier alpha value is -2.84. The normalized spacial score (nSPS) is 14.3. The molecule has 0 fully saturated rings. The molecule has 85 heavy (non-hydrogen) atoms. The van der Waals surface area contributed by atoms with E-state index in [1.54, 1.807) is 0 Å². The number of hydrogen-bond donors (Lipinski definition) is 3. The van der Waals surface area contributed by atoms with Gasteiger partial charge in [0.25, 0.3) is 0 Å². The third kappa shape index (κ3) is 68.5. The SMILES string of the molecule is CC/C=C\C/C=C\C/C=C\C/C=C\C/C=C\C/C=C\C/C=C\C/C=C\C/C=C\CCCCCCCCCCCCCCCC(=O)NC(COP(=O)(O)OCC[N+](C)(C)C)C(O)CCCCCCCCCCCCCCCCCCCCCCCC. The van der Waals surface area contributed by atoms with Crippen molar-refractivity contribution >= 4 is 13.7 Å². The van der Waals surface area contributed by atoms with E-state index in [4.69, 9.17) is 9.05 Å². The molecular weight excluding hydrogens is 1070 g/mol. The maximum absolute atomic E-state index is 13.1. The molecule has 1 amide bonds. The predicted molar refractivity (Wildman–Crippen MR) is 373 cm³/mol. The maximum atomic E-state index is 13.1. The molecule has 0 radical (unpaired) electrons. The Kier molecular flexibility index (Phi) is 63.4. The molecule has 0 aromatic carbocycles. The van der Waals surface area contributed by atoms with Gasteiger partial charge in [-0.15, -0.1) is 0 Å². The van der Waals surface area contributed by atoms with E-state index >= 15 is 0 Å². The second kappa shape index (κ2) is 65.6. The molecule has 0 spiro atoms. The fourth-order valence-electron chi connectivity index (χ4n) is 10.3. The van der Waals surface area contributed by atoms with Crippen molar-refractivity contribution in [2.24, 2.45) is 0 Å². The summed E-state index contributed by atoms with van der Waals surface area (Å²) in [5, 5.41) is 14.1. The molecule has 0 aliphatic carbocycles. The lowest BCUT2D eigenvalue weighted by Crippen LogP contribution is -2.46. The van der Waals surface area contributed by atoms with Gasteiger partial charge in [-0.2, -0.15) is 0 Å². The second-order valence-corrected chi connectivity index (χ2v) is 26.7. The number of phosphoric acid groups is 1. The van der Waals surface area contributed by atoms with Crippen LogP contribution in [0.15, 0.2) is 109 Å². The van der Waals surface area contributed by atoms with Crippen LogP contribution in [-0.2, 0) is 18.4 Å². The van der Waals surface area contributed by atoms with Gasteiger partial charge in [0.2, 0.25) is 5.91 Å². The Morgan fingerprint density at radius 1 is 0.412 bits per heavy atom. The van der Waals surface area contributed by atoms with Gasteiger partial charge < -0.3 is 19.8 Å². The minimum atomic E-state index is -4.34. The van der Waals surface area contributed by atoms with E-state index in [-0.39, 0.29) is 19.1 Å². The highest BCUT2D eigenvalue weighted by molar-refractivity contribution is 7.47. The number of rotatable bonds is 65. The molecule has 0 aliphatic heterocycles. The summed E-state index contributed by atoms with van der Waals surface area (Å²) in [4.78, 5) is 23.5. The number of unbranched alkanes of at least 4 members (excludes halogenated alkanes) is 34. The highest BCUT2D eigenvalue weighted by atomic mass is 31.2. The van der Waals surface area contributed by atoms with Crippen molar-refractivity contribution in [1.29, 1.82) is 0 Å². The van der Waals surface area contributed by atoms with E-state index in [0.717, 1.165) is 96.3 Å². The van der Waals surface area contributed by atoms with Gasteiger partial charge in [-0.3, -0.25) is 13.8 Å². The van der Waals surface area contributed by atoms with Gasteiger partial charge in [-0.25, -0.2) is 4.57 Å². The van der Waals surface area contributed by atoms with Gasteiger partial charge in [0.15, 0.2) is 0 Å². The predicted octanol–water partition coefficient (Wildman–Crippen LogP) is 23.1. The quantitative estimate of drug-likeness (QED) is 0.0243. The molecular formula is C76H138N2O6P+. The zero-order chi connectivity index (χ0) is 61.9. The maximum Gasteiger partial charge on any atom is 0.472 e. The highest BCUT2D eigenvalue weighted by Crippen LogP contribution is 2.43. The summed E-state index contributed by atoms with van der Waals surface area (Å²) in [5.74, 6) is -0.145. The number of carbonyl (C=O) groups excluding carboxylic acids is 1. The summed E-state index contributed by atoms with van der Waals surface area (Å²) in [6, 6.07) is -0.768. The Morgan fingerprint density at radius 3 is 1.04 bits per heavy atom. The first-order valence-corrected chi connectivity index (χ1v) is 37.2. The summed E-state index contributed by atoms with van der Waals surface area (Å²) in [6.45, 7) is 4.80. The van der Waals surface area contributed by atoms with Crippen LogP contribution in [0.25, 0.3) is 0 Å². The van der Waals surface area contributed by atoms with Gasteiger partial charge in [0, 0.05) is 6.42 Å². The first-order valence-electron chi connectivity index (χ1n) is 35.8. The molecule has 0 saturated heterocycles. The fourth-order valence-corrected chi connectivity index (χ4v) is 11.0. The van der Waals surface area contributed by atoms with E-state index in [1.165, 1.54) is 193 Å². The molecule has 3 N–H and O–H groups in total. The van der Waals surface area contributed by atoms with Crippen molar-refractivity contribution in [1.82, 2.24) is 5.32 Å². The molecule has 8 nitrogen and oxygen atoms in total. The molecule has 0 heterocycles. The van der Waals surface area contributed by atoms with Gasteiger partial charge >= 0.3 is 7.82 Å². The van der Waals surface area contributed by atoms with Crippen LogP contribution in [-0.4, -0.2) is 73.4 Å². The fraction of sp³-hybridized carbons (Fsp3) is 0.750. The van der Waals surface area contributed by atoms with E-state index < -0.39 is 20.0 Å². The number of allylic oxidation sites excluding steroid dienone is 18. The third-order valence-electron chi connectivity index (χ3n) is 15.8. The van der Waals surface area contributed by atoms with Crippen LogP contribution in [0.5, 0.6) is 0 Å². The molecule has 3 unspecified atom stereocenters. The van der Waals surface area contributed by atoms with Gasteiger partial charge in [-0.05, 0) is 83.5 Å². The van der Waals surface area contributed by atoms with Crippen LogP contribution < -0.4 is 5.32 Å². The monoisotopic (exact) mass is 1210 g/mol. The van der Waals surface area contributed by atoms with E-state index in [2.05, 4.69) is 129 Å². The number of phosphoric ester groups is 1. The number of carbonyl (C=O) groups is 1. The molecule has 0 bridgehead atoms. The number of aliphatic hydroxyl groups excluding tert-OH is 1. The average Bonchev–Trinajstić information content (AvgIpc) is 3.48. The number of amides is 1. The lowest BCUT2D eigenvalue weighted by molar-refractivity contribution is -0.870. The molecule has 0 aliphatic rings. The Labute approximate surface area is 527 Å². The van der Waals surface area contributed by atoms with Crippen molar-refractivity contribution in [2.75, 3.05) is 40.9 Å². The van der Waals surface area contributed by atoms with Gasteiger partial charge in [0.05, 0.1) is 39.9 Å². The zero-order valence-electron chi connectivity index (χ0n) is 56.3. The van der Waals surface area contributed by atoms with Crippen LogP contribution in [0.4, 0.5) is 0 Å². The standard InChI is InChI=1S/C76H137N2O6P/c1-6-8-10-12-14-16-18-20-22-24-26-28-30-31-32-33-34-35-36-37-38-39-40-41-42-43-44-45-46-47-48-50-52-54-56-58-60-62-64-66-68-70-76(80)77-74(73-84-85(81,82)83-72-71-78(3,4)5)75(79)69-67-65-63-61-59-57-55-53-51-49-29-27-25-23-21-19-17-15-13-11-9-7-2/h8,10,14,16,20,22,26,28,31-32,34-35,37-38,40-41,43-44,74-75,79H,6-7,9,11-13,15,17-19,21,23-25,27,29-30,33,36,39,42,45-73H2,1-5H3,(H-,77,80,81,82)/p+1/b10-8-,16-14-,22-20-,28-26-,32-31-,35-34-,38-37-,41-40-,44-43-. The minimum Gasteiger partial charge on any atom is -0.391 e. The van der Waals surface area contributed by atoms with Gasteiger partial charge in [0.1, 0.15) is 13.2 Å². The number of likely N-dealkylation sites (N-methyl/N-ethyl adjacent to an activating group) is 1. The van der Waals surface area contributed by atoms with Gasteiger partial charge in [-0.1, -0.05) is 335 Å². The van der Waals surface area contributed by atoms with Crippen molar-refractivity contribution in [3.63, 3.8) is 0 Å². The lowest BCUT2D eigenvalue weighted by atomic mass is 10.0. The topological polar surface area (TPSA) is 105 Å². The molecule has 492 valence electrons. The molecule has 3 atom stereocenters. The summed E-state index contributed by atoms with van der Waals surface area (Å²) in [6.07, 6.45) is 96.1. The number of nitrogens with one attached hydrogen (secondary N) is 1. The first-order chi connectivity index (χ1) is 41.5. The molecule has 0 rings (SSSR count). The smallest absolute Gasteiger partial charge is 0.391 e. The molecule has 0 aromatic heterocycles. The van der Waals surface area contributed by atoms with Crippen molar-refractivity contribution < 1.29 is 32.9 Å². The van der Waals surface area contributed by atoms with E-state index in [1.807, 2.05) is 21.1 Å². The number of hydrogen-bond acceptors (Lipinski definition) is 5. The average molecular weight is 1210 g/mol. The summed E-state index contributed by atoms with van der Waals surface area (Å²) < 4.78 is 23.9. The second-order valence-electron chi connectivity index (χ2n) is 25.2. The lowest BCUT2D eigenvalue weighted by Gasteiger charge is -2.26.